The Morgan fingerprint density at radius 3 is 2.53 bits per heavy atom. The first kappa shape index (κ1) is 38.7. The van der Waals surface area contributed by atoms with Crippen LogP contribution in [0.4, 0.5) is 10.7 Å². The Kier molecular flexibility index (Phi) is 12.3. The summed E-state index contributed by atoms with van der Waals surface area (Å²) >= 11 is 7.96. The van der Waals surface area contributed by atoms with E-state index < -0.39 is 11.9 Å². The standard InChI is InChI=1S/C38H49ClN10O5S/c1-48-30(16-22-7-8-22)25(17-43-48)34-28(39)18-41-37(47-34)45-24-11-9-23(10-12-24)44-32(50)6-4-2-3-5-15-40-38(54)42-19-31-26-20-49(36(53)27(26)21-55-31)29-13-14-33(51)46-35(29)52/h17-18,21-24,29H,2-16,19-20H2,1H3,(H,44,50)(H2,40,42,54)(H,41,45,47)(H,46,51,52)/t23-,24-,29?. The Bertz CT molecular complexity index is 1920. The van der Waals surface area contributed by atoms with Crippen LogP contribution in [0.3, 0.4) is 0 Å². The van der Waals surface area contributed by atoms with Crippen LogP contribution in [0.2, 0.25) is 5.02 Å². The predicted octanol–water partition coefficient (Wildman–Crippen LogP) is 4.59. The third-order valence-electron chi connectivity index (χ3n) is 11.1. The summed E-state index contributed by atoms with van der Waals surface area (Å²) in [5.74, 6) is 0.379. The molecule has 6 amide bonds. The van der Waals surface area contributed by atoms with E-state index in [-0.39, 0.29) is 55.3 Å². The number of aryl methyl sites for hydroxylation is 1. The Balaban J connectivity index is 0.738. The number of fused-ring (bicyclic) bond motifs is 1. The Morgan fingerprint density at radius 1 is 0.964 bits per heavy atom. The molecule has 3 fully saturated rings. The summed E-state index contributed by atoms with van der Waals surface area (Å²) in [4.78, 5) is 73.5. The van der Waals surface area contributed by atoms with Gasteiger partial charge in [0.15, 0.2) is 0 Å². The normalized spacial score (nSPS) is 20.9. The molecular weight excluding hydrogens is 744 g/mol. The molecule has 2 aliphatic heterocycles. The fourth-order valence-corrected chi connectivity index (χ4v) is 8.90. The number of halogens is 1. The van der Waals surface area contributed by atoms with E-state index >= 15 is 0 Å². The van der Waals surface area contributed by atoms with Gasteiger partial charge in [-0.25, -0.2) is 14.8 Å². The molecule has 0 bridgehead atoms. The summed E-state index contributed by atoms with van der Waals surface area (Å²) in [6.07, 6.45) is 15.0. The molecule has 294 valence electrons. The Labute approximate surface area is 329 Å². The van der Waals surface area contributed by atoms with Gasteiger partial charge in [0, 0.05) is 66.6 Å². The van der Waals surface area contributed by atoms with Crippen LogP contribution in [0.1, 0.15) is 110 Å². The van der Waals surface area contributed by atoms with Crippen molar-refractivity contribution in [2.24, 2.45) is 13.0 Å². The quantitative estimate of drug-likeness (QED) is 0.102. The lowest BCUT2D eigenvalue weighted by Crippen LogP contribution is -2.52. The van der Waals surface area contributed by atoms with Gasteiger partial charge in [0.05, 0.1) is 35.2 Å². The number of piperidine rings is 1. The number of carbonyl (C=O) groups is 5. The number of aromatic nitrogens is 4. The number of carbonyl (C=O) groups excluding carboxylic acids is 5. The maximum atomic E-state index is 12.9. The lowest BCUT2D eigenvalue weighted by atomic mass is 9.91. The van der Waals surface area contributed by atoms with E-state index in [4.69, 9.17) is 16.6 Å². The fraction of sp³-hybridized carbons (Fsp3) is 0.579. The average Bonchev–Trinajstić information content (AvgIpc) is 3.67. The highest BCUT2D eigenvalue weighted by atomic mass is 35.5. The Hall–Kier alpha value is -4.57. The van der Waals surface area contributed by atoms with Gasteiger partial charge in [0.25, 0.3) is 5.91 Å². The van der Waals surface area contributed by atoms with Crippen molar-refractivity contribution < 1.29 is 24.0 Å². The summed E-state index contributed by atoms with van der Waals surface area (Å²) in [6, 6.07) is -0.565. The largest absolute Gasteiger partial charge is 0.353 e. The van der Waals surface area contributed by atoms with E-state index in [1.165, 1.54) is 29.1 Å². The molecule has 1 unspecified atom stereocenters. The molecule has 55 heavy (non-hydrogen) atoms. The minimum absolute atomic E-state index is 0.0834. The third kappa shape index (κ3) is 9.63. The van der Waals surface area contributed by atoms with E-state index in [1.807, 2.05) is 17.9 Å². The van der Waals surface area contributed by atoms with Crippen molar-refractivity contribution >= 4 is 58.5 Å². The molecule has 5 heterocycles. The van der Waals surface area contributed by atoms with Gasteiger partial charge in [-0.2, -0.15) is 5.10 Å². The number of unbranched alkanes of at least 4 members (excludes halogenated alkanes) is 3. The number of anilines is 1. The van der Waals surface area contributed by atoms with Crippen LogP contribution in [0.5, 0.6) is 0 Å². The van der Waals surface area contributed by atoms with Crippen molar-refractivity contribution in [1.29, 1.82) is 0 Å². The van der Waals surface area contributed by atoms with Crippen molar-refractivity contribution in [2.45, 2.75) is 121 Å². The van der Waals surface area contributed by atoms with Crippen molar-refractivity contribution in [3.63, 3.8) is 0 Å². The molecule has 2 saturated carbocycles. The van der Waals surface area contributed by atoms with Gasteiger partial charge in [-0.15, -0.1) is 11.3 Å². The van der Waals surface area contributed by atoms with Crippen LogP contribution in [0.25, 0.3) is 11.3 Å². The zero-order valence-electron chi connectivity index (χ0n) is 31.1. The summed E-state index contributed by atoms with van der Waals surface area (Å²) in [6.45, 7) is 1.09. The highest BCUT2D eigenvalue weighted by Crippen LogP contribution is 2.37. The highest BCUT2D eigenvalue weighted by Gasteiger charge is 2.40. The first-order chi connectivity index (χ1) is 26.6. The first-order valence-electron chi connectivity index (χ1n) is 19.5. The van der Waals surface area contributed by atoms with E-state index in [0.717, 1.165) is 79.5 Å². The van der Waals surface area contributed by atoms with Gasteiger partial charge in [-0.3, -0.25) is 29.2 Å². The topological polar surface area (TPSA) is 192 Å². The number of amides is 6. The Morgan fingerprint density at radius 2 is 1.75 bits per heavy atom. The molecule has 5 N–H and O–H groups in total. The molecule has 4 aliphatic rings. The monoisotopic (exact) mass is 792 g/mol. The maximum absolute atomic E-state index is 12.9. The molecule has 15 nitrogen and oxygen atoms in total. The summed E-state index contributed by atoms with van der Waals surface area (Å²) in [5.41, 5.74) is 4.21. The van der Waals surface area contributed by atoms with Gasteiger partial charge in [-0.05, 0) is 75.7 Å². The molecular formula is C38H49ClN10O5S. The first-order valence-corrected chi connectivity index (χ1v) is 20.7. The number of imide groups is 1. The van der Waals surface area contributed by atoms with Crippen molar-refractivity contribution in [2.75, 3.05) is 11.9 Å². The van der Waals surface area contributed by atoms with E-state index in [1.54, 1.807) is 11.6 Å². The van der Waals surface area contributed by atoms with Crippen LogP contribution in [-0.2, 0) is 40.9 Å². The number of urea groups is 1. The molecule has 17 heteroatoms. The van der Waals surface area contributed by atoms with E-state index in [0.29, 0.717) is 47.5 Å². The van der Waals surface area contributed by atoms with Gasteiger partial charge in [0.1, 0.15) is 6.04 Å². The molecule has 3 aromatic heterocycles. The molecule has 1 atom stereocenters. The SMILES string of the molecule is Cn1ncc(-c2nc(N[C@H]3CC[C@H](NC(=O)CCCCCCNC(=O)NCc4scc5c4CN(C4CCC(=O)NC4=O)C5=O)CC3)ncc2Cl)c1CC1CC1. The number of hydrogen-bond donors (Lipinski definition) is 5. The number of hydrogen-bond acceptors (Lipinski definition) is 10. The van der Waals surface area contributed by atoms with Crippen molar-refractivity contribution in [3.05, 3.63) is 44.5 Å². The van der Waals surface area contributed by atoms with Gasteiger partial charge < -0.3 is 26.2 Å². The number of nitrogens with zero attached hydrogens (tertiary/aromatic N) is 5. The highest BCUT2D eigenvalue weighted by molar-refractivity contribution is 7.10. The van der Waals surface area contributed by atoms with Gasteiger partial charge in [-0.1, -0.05) is 24.4 Å². The van der Waals surface area contributed by atoms with Crippen molar-refractivity contribution in [3.8, 4) is 11.3 Å². The van der Waals surface area contributed by atoms with Crippen molar-refractivity contribution in [1.82, 2.24) is 45.9 Å². The molecule has 0 aromatic carbocycles. The van der Waals surface area contributed by atoms with E-state index in [2.05, 4.69) is 36.7 Å². The fourth-order valence-electron chi connectivity index (χ4n) is 7.73. The third-order valence-corrected chi connectivity index (χ3v) is 12.4. The van der Waals surface area contributed by atoms with Gasteiger partial charge >= 0.3 is 6.03 Å². The molecule has 7 rings (SSSR count). The number of thiophene rings is 1. The van der Waals surface area contributed by atoms with Gasteiger partial charge in [0.2, 0.25) is 23.7 Å². The molecule has 0 radical (unpaired) electrons. The average molecular weight is 793 g/mol. The van der Waals surface area contributed by atoms with Crippen LogP contribution in [-0.4, -0.2) is 79.0 Å². The van der Waals surface area contributed by atoms with Crippen LogP contribution >= 0.6 is 22.9 Å². The summed E-state index contributed by atoms with van der Waals surface area (Å²) in [5, 5.41) is 21.5. The predicted molar refractivity (Wildman–Crippen MR) is 207 cm³/mol. The second-order valence-corrected chi connectivity index (χ2v) is 16.5. The molecule has 2 aliphatic carbocycles. The van der Waals surface area contributed by atoms with E-state index in [9.17, 15) is 24.0 Å². The van der Waals surface area contributed by atoms with Crippen LogP contribution in [0, 0.1) is 5.92 Å². The second-order valence-electron chi connectivity index (χ2n) is 15.2. The van der Waals surface area contributed by atoms with Crippen LogP contribution in [0.15, 0.2) is 17.8 Å². The number of nitrogens with one attached hydrogen (secondary N) is 5. The number of rotatable bonds is 16. The second kappa shape index (κ2) is 17.5. The summed E-state index contributed by atoms with van der Waals surface area (Å²) < 4.78 is 1.92. The zero-order valence-corrected chi connectivity index (χ0v) is 32.7. The minimum Gasteiger partial charge on any atom is -0.353 e. The lowest BCUT2D eigenvalue weighted by Gasteiger charge is -2.29. The van der Waals surface area contributed by atoms with Crippen LogP contribution < -0.4 is 26.6 Å². The maximum Gasteiger partial charge on any atom is 0.315 e. The molecule has 3 aromatic rings. The molecule has 1 saturated heterocycles. The smallest absolute Gasteiger partial charge is 0.315 e. The minimum atomic E-state index is -0.661. The lowest BCUT2D eigenvalue weighted by molar-refractivity contribution is -0.137. The zero-order chi connectivity index (χ0) is 38.5. The summed E-state index contributed by atoms with van der Waals surface area (Å²) in [7, 11) is 1.96. The molecule has 0 spiro atoms.